The number of amides is 1. The van der Waals surface area contributed by atoms with Crippen LogP contribution in [0.3, 0.4) is 0 Å². The first kappa shape index (κ1) is 15.0. The quantitative estimate of drug-likeness (QED) is 0.843. The van der Waals surface area contributed by atoms with E-state index in [9.17, 15) is 9.59 Å². The standard InChI is InChI=1S/C14H25NO3/c1-5-12(16)10-7-6-8-11(9-10)15-13(17)18-14(2,3)4/h10-11H,5-9H2,1-4H3,(H,15,17). The van der Waals surface area contributed by atoms with Crippen molar-refractivity contribution in [3.63, 3.8) is 0 Å². The number of hydrogen-bond acceptors (Lipinski definition) is 3. The molecule has 0 aromatic rings. The van der Waals surface area contributed by atoms with E-state index in [1.165, 1.54) is 0 Å². The molecule has 1 fully saturated rings. The normalized spacial score (nSPS) is 24.4. The Bertz CT molecular complexity index is 307. The molecule has 2 unspecified atom stereocenters. The molecule has 4 nitrogen and oxygen atoms in total. The van der Waals surface area contributed by atoms with Crippen molar-refractivity contribution in [2.75, 3.05) is 0 Å². The summed E-state index contributed by atoms with van der Waals surface area (Å²) in [6.45, 7) is 7.43. The van der Waals surface area contributed by atoms with Crippen molar-refractivity contribution in [2.24, 2.45) is 5.92 Å². The number of alkyl carbamates (subject to hydrolysis) is 1. The summed E-state index contributed by atoms with van der Waals surface area (Å²) in [6, 6.07) is 0.0779. The molecule has 0 heterocycles. The average Bonchev–Trinajstić information content (AvgIpc) is 2.25. The van der Waals surface area contributed by atoms with Crippen LogP contribution in [0, 0.1) is 5.92 Å². The van der Waals surface area contributed by atoms with Gasteiger partial charge in [-0.1, -0.05) is 13.3 Å². The van der Waals surface area contributed by atoms with Crippen LogP contribution in [0.15, 0.2) is 0 Å². The second-order valence-electron chi connectivity index (χ2n) is 6.03. The number of nitrogens with one attached hydrogen (secondary N) is 1. The summed E-state index contributed by atoms with van der Waals surface area (Å²) in [7, 11) is 0. The molecule has 104 valence electrons. The molecule has 0 radical (unpaired) electrons. The average molecular weight is 255 g/mol. The number of ketones is 1. The van der Waals surface area contributed by atoms with Gasteiger partial charge in [0, 0.05) is 18.4 Å². The van der Waals surface area contributed by atoms with Gasteiger partial charge in [-0.05, 0) is 40.0 Å². The van der Waals surface area contributed by atoms with Crippen LogP contribution in [0.5, 0.6) is 0 Å². The zero-order chi connectivity index (χ0) is 13.8. The monoisotopic (exact) mass is 255 g/mol. The Kier molecular flexibility index (Phi) is 5.17. The largest absolute Gasteiger partial charge is 0.444 e. The maximum Gasteiger partial charge on any atom is 0.407 e. The first-order chi connectivity index (χ1) is 8.31. The molecule has 1 aliphatic rings. The molecule has 0 aromatic carbocycles. The highest BCUT2D eigenvalue weighted by atomic mass is 16.6. The van der Waals surface area contributed by atoms with Crippen molar-refractivity contribution < 1.29 is 14.3 Å². The van der Waals surface area contributed by atoms with Crippen LogP contribution in [0.1, 0.15) is 59.8 Å². The topological polar surface area (TPSA) is 55.4 Å². The lowest BCUT2D eigenvalue weighted by Gasteiger charge is -2.29. The highest BCUT2D eigenvalue weighted by molar-refractivity contribution is 5.80. The zero-order valence-corrected chi connectivity index (χ0v) is 11.9. The molecule has 18 heavy (non-hydrogen) atoms. The van der Waals surface area contributed by atoms with Crippen LogP contribution in [0.25, 0.3) is 0 Å². The third-order valence-corrected chi connectivity index (χ3v) is 3.20. The maximum atomic E-state index is 11.7. The highest BCUT2D eigenvalue weighted by Gasteiger charge is 2.28. The van der Waals surface area contributed by atoms with Gasteiger partial charge in [-0.15, -0.1) is 0 Å². The van der Waals surface area contributed by atoms with E-state index in [1.54, 1.807) is 0 Å². The maximum absolute atomic E-state index is 11.7. The fourth-order valence-corrected chi connectivity index (χ4v) is 2.38. The molecule has 4 heteroatoms. The molecule has 1 saturated carbocycles. The van der Waals surface area contributed by atoms with Crippen LogP contribution in [0.4, 0.5) is 4.79 Å². The van der Waals surface area contributed by atoms with E-state index in [0.717, 1.165) is 25.7 Å². The first-order valence-electron chi connectivity index (χ1n) is 6.84. The van der Waals surface area contributed by atoms with Crippen molar-refractivity contribution >= 4 is 11.9 Å². The van der Waals surface area contributed by atoms with Crippen LogP contribution in [-0.2, 0) is 9.53 Å². The minimum absolute atomic E-state index is 0.0779. The molecule has 0 spiro atoms. The summed E-state index contributed by atoms with van der Waals surface area (Å²) in [5.74, 6) is 0.425. The lowest BCUT2D eigenvalue weighted by molar-refractivity contribution is -0.123. The van der Waals surface area contributed by atoms with Crippen molar-refractivity contribution in [3.8, 4) is 0 Å². The second kappa shape index (κ2) is 6.21. The number of Topliss-reactive ketones (excluding diaryl/α,β-unsaturated/α-hetero) is 1. The Morgan fingerprint density at radius 2 is 1.94 bits per heavy atom. The number of ether oxygens (including phenoxy) is 1. The lowest BCUT2D eigenvalue weighted by atomic mass is 9.82. The molecule has 0 bridgehead atoms. The van der Waals surface area contributed by atoms with E-state index in [-0.39, 0.29) is 18.1 Å². The van der Waals surface area contributed by atoms with E-state index in [2.05, 4.69) is 5.32 Å². The van der Waals surface area contributed by atoms with Crippen LogP contribution in [0.2, 0.25) is 0 Å². The van der Waals surface area contributed by atoms with E-state index < -0.39 is 5.60 Å². The van der Waals surface area contributed by atoms with Crippen molar-refractivity contribution in [1.29, 1.82) is 0 Å². The Hall–Kier alpha value is -1.06. The molecule has 1 aliphatic carbocycles. The highest BCUT2D eigenvalue weighted by Crippen LogP contribution is 2.26. The lowest BCUT2D eigenvalue weighted by Crippen LogP contribution is -2.42. The summed E-state index contributed by atoms with van der Waals surface area (Å²) in [6.07, 6.45) is 3.86. The molecule has 1 N–H and O–H groups in total. The number of carbonyl (C=O) groups is 2. The van der Waals surface area contributed by atoms with Crippen LogP contribution < -0.4 is 5.32 Å². The number of rotatable bonds is 3. The molecule has 0 saturated heterocycles. The van der Waals surface area contributed by atoms with E-state index in [0.29, 0.717) is 12.2 Å². The summed E-state index contributed by atoms with van der Waals surface area (Å²) < 4.78 is 5.23. The van der Waals surface area contributed by atoms with Gasteiger partial charge < -0.3 is 10.1 Å². The zero-order valence-electron chi connectivity index (χ0n) is 11.9. The smallest absolute Gasteiger partial charge is 0.407 e. The van der Waals surface area contributed by atoms with Gasteiger partial charge in [-0.25, -0.2) is 4.79 Å². The Balaban J connectivity index is 2.43. The van der Waals surface area contributed by atoms with E-state index in [4.69, 9.17) is 4.74 Å². The fourth-order valence-electron chi connectivity index (χ4n) is 2.38. The third kappa shape index (κ3) is 5.07. The van der Waals surface area contributed by atoms with Gasteiger partial charge in [0.1, 0.15) is 11.4 Å². The van der Waals surface area contributed by atoms with E-state index >= 15 is 0 Å². The Labute approximate surface area is 109 Å². The molecule has 2 atom stereocenters. The molecular formula is C14H25NO3. The number of carbonyl (C=O) groups excluding carboxylic acids is 2. The van der Waals surface area contributed by atoms with Gasteiger partial charge in [0.05, 0.1) is 0 Å². The van der Waals surface area contributed by atoms with Gasteiger partial charge in [-0.2, -0.15) is 0 Å². The summed E-state index contributed by atoms with van der Waals surface area (Å²) in [5, 5.41) is 2.87. The molecular weight excluding hydrogens is 230 g/mol. The molecule has 0 aromatic heterocycles. The van der Waals surface area contributed by atoms with Gasteiger partial charge >= 0.3 is 6.09 Å². The summed E-state index contributed by atoms with van der Waals surface area (Å²) in [5.41, 5.74) is -0.475. The fraction of sp³-hybridized carbons (Fsp3) is 0.857. The SMILES string of the molecule is CCC(=O)C1CCCC(NC(=O)OC(C)(C)C)C1. The minimum atomic E-state index is -0.475. The van der Waals surface area contributed by atoms with Crippen LogP contribution in [-0.4, -0.2) is 23.5 Å². The van der Waals surface area contributed by atoms with Crippen molar-refractivity contribution in [2.45, 2.75) is 71.4 Å². The third-order valence-electron chi connectivity index (χ3n) is 3.20. The predicted molar refractivity (Wildman–Crippen MR) is 70.4 cm³/mol. The summed E-state index contributed by atoms with van der Waals surface area (Å²) in [4.78, 5) is 23.3. The van der Waals surface area contributed by atoms with E-state index in [1.807, 2.05) is 27.7 Å². The second-order valence-corrected chi connectivity index (χ2v) is 6.03. The predicted octanol–water partition coefficient (Wildman–Crippen LogP) is 3.05. The first-order valence-corrected chi connectivity index (χ1v) is 6.84. The summed E-state index contributed by atoms with van der Waals surface area (Å²) >= 11 is 0. The molecule has 0 aliphatic heterocycles. The van der Waals surface area contributed by atoms with Gasteiger partial charge in [0.2, 0.25) is 0 Å². The van der Waals surface area contributed by atoms with Crippen LogP contribution >= 0.6 is 0 Å². The number of hydrogen-bond donors (Lipinski definition) is 1. The molecule has 1 rings (SSSR count). The minimum Gasteiger partial charge on any atom is -0.444 e. The molecule has 1 amide bonds. The van der Waals surface area contributed by atoms with Gasteiger partial charge in [-0.3, -0.25) is 4.79 Å². The van der Waals surface area contributed by atoms with Crippen molar-refractivity contribution in [3.05, 3.63) is 0 Å². The Morgan fingerprint density at radius 1 is 1.28 bits per heavy atom. The Morgan fingerprint density at radius 3 is 2.50 bits per heavy atom. The van der Waals surface area contributed by atoms with Crippen molar-refractivity contribution in [1.82, 2.24) is 5.32 Å². The van der Waals surface area contributed by atoms with Gasteiger partial charge in [0.25, 0.3) is 0 Å². The van der Waals surface area contributed by atoms with Gasteiger partial charge in [0.15, 0.2) is 0 Å².